The lowest BCUT2D eigenvalue weighted by molar-refractivity contribution is 1.08. The second-order valence-electron chi connectivity index (χ2n) is 10.2. The number of rotatable bonds is 9. The van der Waals surface area contributed by atoms with E-state index in [4.69, 9.17) is 0 Å². The van der Waals surface area contributed by atoms with E-state index in [9.17, 15) is 0 Å². The summed E-state index contributed by atoms with van der Waals surface area (Å²) in [7, 11) is -2.20. The molecule has 0 amide bonds. The molecule has 0 N–H and O–H groups in total. The second kappa shape index (κ2) is 10.2. The van der Waals surface area contributed by atoms with Gasteiger partial charge >= 0.3 is 0 Å². The predicted molar refractivity (Wildman–Crippen MR) is 134 cm³/mol. The maximum Gasteiger partial charge on any atom is 0.0480 e. The van der Waals surface area contributed by atoms with Crippen molar-refractivity contribution in [2.45, 2.75) is 64.2 Å². The maximum absolute atomic E-state index is 2.53. The Hall–Kier alpha value is -1.65. The molecule has 0 aromatic heterocycles. The molecule has 0 bridgehead atoms. The molecule has 150 valence electrons. The van der Waals surface area contributed by atoms with Crippen LogP contribution in [-0.4, -0.2) is 16.1 Å². The third-order valence-corrected chi connectivity index (χ3v) is 7.73. The molecule has 0 atom stereocenters. The van der Waals surface area contributed by atoms with Gasteiger partial charge in [0, 0.05) is 16.1 Å². The first-order chi connectivity index (χ1) is 13.1. The largest absolute Gasteiger partial charge is 0.0834 e. The zero-order valence-corrected chi connectivity index (χ0v) is 20.8. The highest BCUT2D eigenvalue weighted by molar-refractivity contribution is 6.76. The Morgan fingerprint density at radius 1 is 0.571 bits per heavy atom. The van der Waals surface area contributed by atoms with Crippen molar-refractivity contribution in [3.63, 3.8) is 0 Å². The molecule has 0 fully saturated rings. The first-order valence-corrected chi connectivity index (χ1v) is 18.0. The van der Waals surface area contributed by atoms with Crippen molar-refractivity contribution in [1.82, 2.24) is 0 Å². The van der Waals surface area contributed by atoms with E-state index in [1.54, 1.807) is 0 Å². The van der Waals surface area contributed by atoms with Crippen LogP contribution in [0.5, 0.6) is 0 Å². The lowest BCUT2D eigenvalue weighted by atomic mass is 9.95. The Labute approximate surface area is 175 Å². The van der Waals surface area contributed by atoms with Crippen molar-refractivity contribution in [3.8, 4) is 0 Å². The van der Waals surface area contributed by atoms with Crippen LogP contribution in [0.15, 0.2) is 72.8 Å². The van der Waals surface area contributed by atoms with E-state index >= 15 is 0 Å². The minimum atomic E-state index is -1.10. The van der Waals surface area contributed by atoms with Gasteiger partial charge in [0.25, 0.3) is 0 Å². The van der Waals surface area contributed by atoms with Crippen molar-refractivity contribution in [3.05, 3.63) is 83.9 Å². The SMILES string of the molecule is C[Si](C)(C)C/C=C(/CC/C(=C/C[Si](C)(C)C)c1ccccc1)c1ccccc1. The Morgan fingerprint density at radius 3 is 1.18 bits per heavy atom. The summed E-state index contributed by atoms with van der Waals surface area (Å²) in [6, 6.07) is 24.4. The summed E-state index contributed by atoms with van der Waals surface area (Å²) in [5.41, 5.74) is 5.80. The zero-order chi connectivity index (χ0) is 20.6. The second-order valence-corrected chi connectivity index (χ2v) is 21.3. The van der Waals surface area contributed by atoms with Crippen molar-refractivity contribution in [2.24, 2.45) is 0 Å². The molecular formula is C26H38Si2. The zero-order valence-electron chi connectivity index (χ0n) is 18.8. The van der Waals surface area contributed by atoms with Crippen LogP contribution in [-0.2, 0) is 0 Å². The van der Waals surface area contributed by atoms with Gasteiger partial charge in [-0.3, -0.25) is 0 Å². The molecule has 0 aliphatic rings. The molecule has 0 nitrogen and oxygen atoms in total. The molecular weight excluding hydrogens is 368 g/mol. The average molecular weight is 407 g/mol. The lowest BCUT2D eigenvalue weighted by Gasteiger charge is -2.17. The van der Waals surface area contributed by atoms with Crippen molar-refractivity contribution in [1.29, 1.82) is 0 Å². The highest BCUT2D eigenvalue weighted by Gasteiger charge is 2.14. The van der Waals surface area contributed by atoms with Gasteiger partial charge in [-0.2, -0.15) is 0 Å². The molecule has 0 aliphatic heterocycles. The van der Waals surface area contributed by atoms with Crippen LogP contribution in [0, 0.1) is 0 Å². The highest BCUT2D eigenvalue weighted by atomic mass is 28.3. The van der Waals surface area contributed by atoms with Crippen molar-refractivity contribution >= 4 is 27.3 Å². The smallest absolute Gasteiger partial charge is 0.0480 e. The summed E-state index contributed by atoms with van der Waals surface area (Å²) < 4.78 is 0. The first-order valence-electron chi connectivity index (χ1n) is 10.6. The summed E-state index contributed by atoms with van der Waals surface area (Å²) in [5.74, 6) is 0. The van der Waals surface area contributed by atoms with Crippen LogP contribution in [0.2, 0.25) is 51.4 Å². The standard InChI is InChI=1S/C26H38Si2/c1-27(2,3)21-19-25(23-13-9-7-10-14-23)17-18-26(20-22-28(4,5)6)24-15-11-8-12-16-24/h7-16,19-20H,17-18,21-22H2,1-6H3/b25-19-,26-20-. The van der Waals surface area contributed by atoms with E-state index in [0.29, 0.717) is 0 Å². The average Bonchev–Trinajstić information content (AvgIpc) is 2.64. The summed E-state index contributed by atoms with van der Waals surface area (Å²) in [6.45, 7) is 14.7. The monoisotopic (exact) mass is 406 g/mol. The molecule has 0 saturated heterocycles. The van der Waals surface area contributed by atoms with E-state index in [-0.39, 0.29) is 0 Å². The Kier molecular flexibility index (Phi) is 8.27. The topological polar surface area (TPSA) is 0 Å². The fourth-order valence-corrected chi connectivity index (χ4v) is 4.88. The number of hydrogen-bond acceptors (Lipinski definition) is 0. The predicted octanol–water partition coefficient (Wildman–Crippen LogP) is 8.61. The molecule has 0 radical (unpaired) electrons. The quantitative estimate of drug-likeness (QED) is 0.366. The summed E-state index contributed by atoms with van der Waals surface area (Å²) in [4.78, 5) is 0. The van der Waals surface area contributed by atoms with Crippen molar-refractivity contribution in [2.75, 3.05) is 0 Å². The molecule has 0 spiro atoms. The van der Waals surface area contributed by atoms with Gasteiger partial charge in [-0.15, -0.1) is 0 Å². The number of allylic oxidation sites excluding steroid dienone is 4. The lowest BCUT2D eigenvalue weighted by Crippen LogP contribution is -2.17. The van der Waals surface area contributed by atoms with Crippen LogP contribution >= 0.6 is 0 Å². The van der Waals surface area contributed by atoms with Gasteiger partial charge in [-0.25, -0.2) is 0 Å². The number of benzene rings is 2. The van der Waals surface area contributed by atoms with Gasteiger partial charge in [0.1, 0.15) is 0 Å². The summed E-state index contributed by atoms with van der Waals surface area (Å²) in [6.07, 6.45) is 7.28. The number of hydrogen-bond donors (Lipinski definition) is 0. The molecule has 0 saturated carbocycles. The molecule has 2 aromatic carbocycles. The van der Waals surface area contributed by atoms with E-state index in [0.717, 1.165) is 12.8 Å². The fraction of sp³-hybridized carbons (Fsp3) is 0.385. The van der Waals surface area contributed by atoms with Gasteiger partial charge in [0.2, 0.25) is 0 Å². The molecule has 2 heteroatoms. The molecule has 2 aromatic rings. The molecule has 0 unspecified atom stereocenters. The Bertz CT molecular complexity index is 703. The van der Waals surface area contributed by atoms with Gasteiger partial charge in [0.15, 0.2) is 0 Å². The van der Waals surface area contributed by atoms with E-state index < -0.39 is 16.1 Å². The molecule has 0 aliphatic carbocycles. The molecule has 28 heavy (non-hydrogen) atoms. The fourth-order valence-electron chi connectivity index (χ4n) is 3.16. The van der Waals surface area contributed by atoms with Gasteiger partial charge < -0.3 is 0 Å². The van der Waals surface area contributed by atoms with Crippen LogP contribution in [0.3, 0.4) is 0 Å². The van der Waals surface area contributed by atoms with E-state index in [1.165, 1.54) is 34.4 Å². The normalized spacial score (nSPS) is 13.6. The Morgan fingerprint density at radius 2 is 0.893 bits per heavy atom. The Balaban J connectivity index is 2.25. The third kappa shape index (κ3) is 8.58. The van der Waals surface area contributed by atoms with Crippen LogP contribution in [0.4, 0.5) is 0 Å². The molecule has 0 heterocycles. The molecule has 2 rings (SSSR count). The minimum Gasteiger partial charge on any atom is -0.0834 e. The van der Waals surface area contributed by atoms with Crippen molar-refractivity contribution < 1.29 is 0 Å². The van der Waals surface area contributed by atoms with Gasteiger partial charge in [-0.05, 0) is 47.2 Å². The van der Waals surface area contributed by atoms with Crippen LogP contribution in [0.25, 0.3) is 11.1 Å². The maximum atomic E-state index is 2.53. The van der Waals surface area contributed by atoms with E-state index in [2.05, 4.69) is 112 Å². The van der Waals surface area contributed by atoms with Gasteiger partial charge in [-0.1, -0.05) is 112 Å². The van der Waals surface area contributed by atoms with Crippen LogP contribution in [0.1, 0.15) is 24.0 Å². The summed E-state index contributed by atoms with van der Waals surface area (Å²) >= 11 is 0. The van der Waals surface area contributed by atoms with Gasteiger partial charge in [0.05, 0.1) is 0 Å². The summed E-state index contributed by atoms with van der Waals surface area (Å²) in [5, 5.41) is 0. The van der Waals surface area contributed by atoms with E-state index in [1.807, 2.05) is 0 Å². The third-order valence-electron chi connectivity index (χ3n) is 4.87. The first kappa shape index (κ1) is 22.6. The van der Waals surface area contributed by atoms with Crippen LogP contribution < -0.4 is 0 Å². The minimum absolute atomic E-state index is 1.10. The highest BCUT2D eigenvalue weighted by Crippen LogP contribution is 2.29.